The van der Waals surface area contributed by atoms with E-state index < -0.39 is 19.3 Å². The SMILES string of the molecule is FC(F)=[C](F)[Na].O=S(=O)(O)c1ccccc1. The minimum Gasteiger partial charge on any atom is -0.282 e. The van der Waals surface area contributed by atoms with Crippen LogP contribution in [0.15, 0.2) is 44.4 Å². The third-order valence-corrected chi connectivity index (χ3v) is 2.55. The zero-order chi connectivity index (χ0) is 12.8. The molecule has 84 valence electrons. The summed E-state index contributed by atoms with van der Waals surface area (Å²) in [4.78, 5) is -0.0741. The largest absolute Gasteiger partial charge is 0.294 e. The van der Waals surface area contributed by atoms with Crippen LogP contribution < -0.4 is 0 Å². The van der Waals surface area contributed by atoms with Crippen LogP contribution in [0.25, 0.3) is 0 Å². The van der Waals surface area contributed by atoms with Crippen molar-refractivity contribution in [2.45, 2.75) is 4.90 Å². The minimum atomic E-state index is -4.00. The number of rotatable bonds is 1. The molecule has 1 rings (SSSR count). The summed E-state index contributed by atoms with van der Waals surface area (Å²) in [5.74, 6) is 0. The molecule has 1 aromatic carbocycles. The Morgan fingerprint density at radius 2 is 1.50 bits per heavy atom. The van der Waals surface area contributed by atoms with E-state index in [4.69, 9.17) is 4.55 Å². The normalized spacial score (nSPS) is 10.1. The van der Waals surface area contributed by atoms with Gasteiger partial charge in [-0.25, -0.2) is 0 Å². The molecule has 3 nitrogen and oxygen atoms in total. The summed E-state index contributed by atoms with van der Waals surface area (Å²) in [6, 6.07) is 7.42. The average molecular weight is 262 g/mol. The monoisotopic (exact) mass is 262 g/mol. The van der Waals surface area contributed by atoms with E-state index in [2.05, 4.69) is 0 Å². The second kappa shape index (κ2) is 7.08. The number of hydrogen-bond acceptors (Lipinski definition) is 2. The van der Waals surface area contributed by atoms with Crippen LogP contribution in [0.3, 0.4) is 0 Å². The van der Waals surface area contributed by atoms with Crippen LogP contribution in [0.2, 0.25) is 0 Å². The third kappa shape index (κ3) is 7.02. The summed E-state index contributed by atoms with van der Waals surface area (Å²) >= 11 is -0.184. The van der Waals surface area contributed by atoms with Crippen molar-refractivity contribution in [3.63, 3.8) is 0 Å². The Morgan fingerprint density at radius 3 is 1.69 bits per heavy atom. The number of hydrogen-bond donors (Lipinski definition) is 1. The quantitative estimate of drug-likeness (QED) is 0.623. The van der Waals surface area contributed by atoms with Gasteiger partial charge in [-0.3, -0.25) is 4.55 Å². The molecular formula is C8H6F3NaO3S. The molecule has 0 aliphatic heterocycles. The molecule has 16 heavy (non-hydrogen) atoms. The maximum absolute atomic E-state index is 11.0. The topological polar surface area (TPSA) is 54.4 Å². The van der Waals surface area contributed by atoms with E-state index in [9.17, 15) is 21.6 Å². The van der Waals surface area contributed by atoms with Gasteiger partial charge in [-0.05, 0) is 12.1 Å². The zero-order valence-corrected chi connectivity index (χ0v) is 11.0. The second-order valence-electron chi connectivity index (χ2n) is 2.58. The van der Waals surface area contributed by atoms with Crippen LogP contribution in [-0.2, 0) is 10.1 Å². The van der Waals surface area contributed by atoms with Gasteiger partial charge in [0, 0.05) is 0 Å². The van der Waals surface area contributed by atoms with Crippen molar-refractivity contribution in [1.82, 2.24) is 0 Å². The van der Waals surface area contributed by atoms with E-state index in [-0.39, 0.29) is 32.8 Å². The maximum atomic E-state index is 11.0. The Hall–Kier alpha value is -0.340. The summed E-state index contributed by atoms with van der Waals surface area (Å²) in [5, 5.41) is 0. The number of halogens is 3. The molecule has 0 saturated heterocycles. The predicted molar refractivity (Wildman–Crippen MR) is 52.4 cm³/mol. The van der Waals surface area contributed by atoms with Crippen molar-refractivity contribution < 1.29 is 26.1 Å². The molecule has 0 radical (unpaired) electrons. The summed E-state index contributed by atoms with van der Waals surface area (Å²) in [6.07, 6.45) is -2.18. The Balaban J connectivity index is 0.000000325. The van der Waals surface area contributed by atoms with Gasteiger partial charge in [0.05, 0.1) is 4.90 Å². The molecule has 0 fully saturated rings. The number of benzene rings is 1. The third-order valence-electron chi connectivity index (χ3n) is 1.30. The molecule has 0 aliphatic carbocycles. The molecule has 1 aromatic rings. The average Bonchev–Trinajstić information content (AvgIpc) is 2.18. The molecular weight excluding hydrogens is 256 g/mol. The fourth-order valence-corrected chi connectivity index (χ4v) is 1.09. The summed E-state index contributed by atoms with van der Waals surface area (Å²) < 4.78 is 60.4. The van der Waals surface area contributed by atoms with Gasteiger partial charge in [0.15, 0.2) is 0 Å². The molecule has 0 aliphatic rings. The maximum Gasteiger partial charge on any atom is 0.294 e. The van der Waals surface area contributed by atoms with Crippen molar-refractivity contribution in [2.75, 3.05) is 0 Å². The predicted octanol–water partition coefficient (Wildman–Crippen LogP) is 2.12. The van der Waals surface area contributed by atoms with Gasteiger partial charge >= 0.3 is 50.3 Å². The fraction of sp³-hybridized carbons (Fsp3) is 0. The van der Waals surface area contributed by atoms with Crippen molar-refractivity contribution in [2.24, 2.45) is 0 Å². The van der Waals surface area contributed by atoms with Gasteiger partial charge in [0.2, 0.25) is 0 Å². The first-order valence-electron chi connectivity index (χ1n) is 3.95. The van der Waals surface area contributed by atoms with Crippen molar-refractivity contribution in [3.8, 4) is 0 Å². The van der Waals surface area contributed by atoms with Crippen LogP contribution in [0.1, 0.15) is 0 Å². The first kappa shape index (κ1) is 15.7. The first-order valence-corrected chi connectivity index (χ1v) is 6.39. The van der Waals surface area contributed by atoms with Gasteiger partial charge in [0.1, 0.15) is 0 Å². The van der Waals surface area contributed by atoms with Crippen LogP contribution in [0.4, 0.5) is 13.2 Å². The van der Waals surface area contributed by atoms with E-state index in [1.54, 1.807) is 18.2 Å². The van der Waals surface area contributed by atoms with Crippen LogP contribution in [0, 0.1) is 0 Å². The minimum absolute atomic E-state index is 0.0741. The molecule has 8 heteroatoms. The van der Waals surface area contributed by atoms with Gasteiger partial charge in [0.25, 0.3) is 10.1 Å². The molecule has 0 bridgehead atoms. The van der Waals surface area contributed by atoms with Crippen LogP contribution in [0.5, 0.6) is 0 Å². The Morgan fingerprint density at radius 1 is 1.12 bits per heavy atom. The molecule has 0 aromatic heterocycles. The Labute approximate surface area is 108 Å². The standard InChI is InChI=1S/C6H6O3S.C2F3.Na/c7-10(8,9)6-4-2-1-3-5-6;3-1-2(4)5;/h1-5H,(H,7,8,9);;. The van der Waals surface area contributed by atoms with Crippen molar-refractivity contribution in [1.29, 1.82) is 0 Å². The zero-order valence-electron chi connectivity index (χ0n) is 8.19. The molecule has 0 heterocycles. The summed E-state index contributed by atoms with van der Waals surface area (Å²) in [6.45, 7) is 0. The molecule has 0 saturated carbocycles. The molecule has 0 unspecified atom stereocenters. The van der Waals surface area contributed by atoms with E-state index >= 15 is 0 Å². The van der Waals surface area contributed by atoms with Crippen molar-refractivity contribution >= 4 is 38.0 Å². The van der Waals surface area contributed by atoms with Crippen LogP contribution >= 0.6 is 0 Å². The van der Waals surface area contributed by atoms with Gasteiger partial charge in [-0.2, -0.15) is 8.42 Å². The molecule has 1 N–H and O–H groups in total. The smallest absolute Gasteiger partial charge is 0.282 e. The van der Waals surface area contributed by atoms with Gasteiger partial charge in [-0.1, -0.05) is 18.2 Å². The van der Waals surface area contributed by atoms with Crippen molar-refractivity contribution in [3.05, 3.63) is 39.5 Å². The fourth-order valence-electron chi connectivity index (χ4n) is 0.592. The van der Waals surface area contributed by atoms with E-state index in [0.29, 0.717) is 0 Å². The molecule has 0 atom stereocenters. The first-order chi connectivity index (χ1) is 7.25. The van der Waals surface area contributed by atoms with E-state index in [1.807, 2.05) is 0 Å². The van der Waals surface area contributed by atoms with Crippen LogP contribution in [-0.4, -0.2) is 40.9 Å². The van der Waals surface area contributed by atoms with E-state index in [0.717, 1.165) is 0 Å². The van der Waals surface area contributed by atoms with Gasteiger partial charge < -0.3 is 0 Å². The summed E-state index contributed by atoms with van der Waals surface area (Å²) in [7, 11) is -4.00. The Kier molecular flexibility index (Phi) is 6.93. The Bertz CT molecular complexity index is 441. The molecule has 0 spiro atoms. The molecule has 0 amide bonds. The second-order valence-corrected chi connectivity index (χ2v) is 4.88. The van der Waals surface area contributed by atoms with Gasteiger partial charge in [-0.15, -0.1) is 0 Å². The summed E-state index contributed by atoms with van der Waals surface area (Å²) in [5.41, 5.74) is 0. The van der Waals surface area contributed by atoms with E-state index in [1.165, 1.54) is 12.1 Å².